The predicted octanol–water partition coefficient (Wildman–Crippen LogP) is 0.0710. The summed E-state index contributed by atoms with van der Waals surface area (Å²) in [6, 6.07) is 3.50. The van der Waals surface area contributed by atoms with E-state index in [1.165, 1.54) is 6.07 Å². The van der Waals surface area contributed by atoms with Crippen molar-refractivity contribution in [2.45, 2.75) is 11.5 Å². The Bertz CT molecular complexity index is 593. The molecule has 8 heteroatoms. The van der Waals surface area contributed by atoms with Crippen LogP contribution in [0.2, 0.25) is 0 Å². The van der Waals surface area contributed by atoms with Crippen molar-refractivity contribution in [3.05, 3.63) is 29.6 Å². The Morgan fingerprint density at radius 3 is 2.53 bits per heavy atom. The minimum Gasteiger partial charge on any atom is -0.392 e. The van der Waals surface area contributed by atoms with Crippen LogP contribution in [0.3, 0.4) is 0 Å². The number of hydrogen-bond donors (Lipinski definition) is 1. The first kappa shape index (κ1) is 14.6. The van der Waals surface area contributed by atoms with Crippen molar-refractivity contribution in [3.63, 3.8) is 0 Å². The zero-order valence-electron chi connectivity index (χ0n) is 10.1. The van der Waals surface area contributed by atoms with E-state index in [1.54, 1.807) is 0 Å². The molecule has 0 saturated carbocycles. The Kier molecular flexibility index (Phi) is 4.34. The van der Waals surface area contributed by atoms with Crippen LogP contribution in [0.1, 0.15) is 5.56 Å². The van der Waals surface area contributed by atoms with E-state index in [9.17, 15) is 17.0 Å². The second kappa shape index (κ2) is 5.66. The summed E-state index contributed by atoms with van der Waals surface area (Å²) < 4.78 is 50.6. The molecule has 0 aliphatic carbocycles. The molecule has 0 amide bonds. The monoisotopic (exact) mass is 307 g/mol. The lowest BCUT2D eigenvalue weighted by atomic mass is 10.2. The van der Waals surface area contributed by atoms with Crippen LogP contribution in [0.15, 0.2) is 23.1 Å². The Morgan fingerprint density at radius 2 is 1.95 bits per heavy atom. The molecule has 0 radical (unpaired) electrons. The van der Waals surface area contributed by atoms with Gasteiger partial charge in [-0.25, -0.2) is 12.8 Å². The van der Waals surface area contributed by atoms with Gasteiger partial charge in [0, 0.05) is 35.4 Å². The number of rotatable bonds is 3. The molecule has 2 rings (SSSR count). The average Bonchev–Trinajstić information content (AvgIpc) is 2.39. The van der Waals surface area contributed by atoms with Gasteiger partial charge in [0.15, 0.2) is 0 Å². The predicted molar refractivity (Wildman–Crippen MR) is 69.0 cm³/mol. The molecule has 1 aliphatic heterocycles. The number of aliphatic hydroxyl groups excluding tert-OH is 1. The molecule has 0 unspecified atom stereocenters. The molecule has 1 aromatic carbocycles. The van der Waals surface area contributed by atoms with Crippen molar-refractivity contribution < 1.29 is 22.1 Å². The van der Waals surface area contributed by atoms with Gasteiger partial charge in [-0.3, -0.25) is 4.21 Å². The van der Waals surface area contributed by atoms with Crippen LogP contribution in [0.5, 0.6) is 0 Å². The molecule has 1 N–H and O–H groups in total. The normalized spacial score (nSPS) is 18.6. The molecule has 1 heterocycles. The topological polar surface area (TPSA) is 74.7 Å². The minimum atomic E-state index is -3.94. The first-order valence-electron chi connectivity index (χ1n) is 5.69. The first-order chi connectivity index (χ1) is 8.95. The number of sulfonamides is 1. The van der Waals surface area contributed by atoms with Gasteiger partial charge in [-0.1, -0.05) is 6.07 Å². The van der Waals surface area contributed by atoms with Crippen molar-refractivity contribution in [1.82, 2.24) is 4.31 Å². The van der Waals surface area contributed by atoms with E-state index >= 15 is 0 Å². The molecular formula is C11H14FNO4S2. The van der Waals surface area contributed by atoms with Crippen LogP contribution >= 0.6 is 0 Å². The summed E-state index contributed by atoms with van der Waals surface area (Å²) in [7, 11) is -4.94. The Morgan fingerprint density at radius 1 is 1.32 bits per heavy atom. The van der Waals surface area contributed by atoms with Gasteiger partial charge < -0.3 is 5.11 Å². The largest absolute Gasteiger partial charge is 0.392 e. The summed E-state index contributed by atoms with van der Waals surface area (Å²) in [6.07, 6.45) is 0. The van der Waals surface area contributed by atoms with E-state index < -0.39 is 31.5 Å². The Labute approximate surface area is 113 Å². The van der Waals surface area contributed by atoms with Gasteiger partial charge in [0.05, 0.1) is 6.61 Å². The number of halogens is 1. The maximum atomic E-state index is 13.7. The molecular weight excluding hydrogens is 293 g/mol. The van der Waals surface area contributed by atoms with E-state index in [1.807, 2.05) is 0 Å². The Hall–Kier alpha value is -0.830. The number of benzene rings is 1. The lowest BCUT2D eigenvalue weighted by molar-refractivity contribution is 0.281. The standard InChI is InChI=1S/C11H14FNO4S2/c12-10-2-1-9(8-14)7-11(10)19(16,17)13-3-5-18(15)6-4-13/h1-2,7,14H,3-6,8H2. The Balaban J connectivity index is 2.36. The molecule has 1 aromatic rings. The SMILES string of the molecule is O=S1CCN(S(=O)(=O)c2cc(CO)ccc2F)CC1. The molecule has 1 saturated heterocycles. The summed E-state index contributed by atoms with van der Waals surface area (Å²) >= 11 is 0. The summed E-state index contributed by atoms with van der Waals surface area (Å²) in [5, 5.41) is 8.99. The number of hydrogen-bond acceptors (Lipinski definition) is 4. The molecule has 0 bridgehead atoms. The lowest BCUT2D eigenvalue weighted by Gasteiger charge is -2.25. The highest BCUT2D eigenvalue weighted by Gasteiger charge is 2.30. The zero-order valence-corrected chi connectivity index (χ0v) is 11.7. The lowest BCUT2D eigenvalue weighted by Crippen LogP contribution is -2.42. The van der Waals surface area contributed by atoms with E-state index in [0.717, 1.165) is 16.4 Å². The third-order valence-electron chi connectivity index (χ3n) is 2.93. The van der Waals surface area contributed by atoms with Gasteiger partial charge in [-0.2, -0.15) is 4.31 Å². The summed E-state index contributed by atoms with van der Waals surface area (Å²) in [5.74, 6) is -0.315. The third kappa shape index (κ3) is 3.02. The van der Waals surface area contributed by atoms with Crippen LogP contribution in [-0.2, 0) is 27.4 Å². The molecule has 19 heavy (non-hydrogen) atoms. The highest BCUT2D eigenvalue weighted by atomic mass is 32.2. The quantitative estimate of drug-likeness (QED) is 0.857. The van der Waals surface area contributed by atoms with Crippen molar-refractivity contribution in [3.8, 4) is 0 Å². The zero-order chi connectivity index (χ0) is 14.0. The highest BCUT2D eigenvalue weighted by Crippen LogP contribution is 2.22. The summed E-state index contributed by atoms with van der Waals surface area (Å²) in [4.78, 5) is -0.438. The van der Waals surface area contributed by atoms with E-state index in [-0.39, 0.29) is 31.2 Å². The van der Waals surface area contributed by atoms with E-state index in [4.69, 9.17) is 5.11 Å². The maximum absolute atomic E-state index is 13.7. The van der Waals surface area contributed by atoms with Crippen LogP contribution in [0.25, 0.3) is 0 Å². The van der Waals surface area contributed by atoms with Crippen LogP contribution in [-0.4, -0.2) is 46.6 Å². The van der Waals surface area contributed by atoms with Crippen LogP contribution in [0, 0.1) is 5.82 Å². The number of aliphatic hydroxyl groups is 1. The third-order valence-corrected chi connectivity index (χ3v) is 6.12. The first-order valence-corrected chi connectivity index (χ1v) is 8.62. The molecule has 106 valence electrons. The summed E-state index contributed by atoms with van der Waals surface area (Å²) in [5.41, 5.74) is 0.334. The van der Waals surface area contributed by atoms with E-state index in [2.05, 4.69) is 0 Å². The van der Waals surface area contributed by atoms with Crippen molar-refractivity contribution in [1.29, 1.82) is 0 Å². The van der Waals surface area contributed by atoms with E-state index in [0.29, 0.717) is 5.56 Å². The molecule has 1 aliphatic rings. The fraction of sp³-hybridized carbons (Fsp3) is 0.455. The van der Waals surface area contributed by atoms with Gasteiger partial charge in [-0.05, 0) is 17.7 Å². The van der Waals surface area contributed by atoms with Gasteiger partial charge in [0.1, 0.15) is 10.7 Å². The van der Waals surface area contributed by atoms with Gasteiger partial charge >= 0.3 is 0 Å². The van der Waals surface area contributed by atoms with Gasteiger partial charge in [0.25, 0.3) is 0 Å². The maximum Gasteiger partial charge on any atom is 0.246 e. The molecule has 5 nitrogen and oxygen atoms in total. The summed E-state index contributed by atoms with van der Waals surface area (Å²) in [6.45, 7) is -0.109. The second-order valence-electron chi connectivity index (χ2n) is 4.18. The minimum absolute atomic E-state index is 0.123. The highest BCUT2D eigenvalue weighted by molar-refractivity contribution is 7.89. The smallest absolute Gasteiger partial charge is 0.246 e. The van der Waals surface area contributed by atoms with Crippen LogP contribution < -0.4 is 0 Å². The second-order valence-corrected chi connectivity index (χ2v) is 7.78. The van der Waals surface area contributed by atoms with Gasteiger partial charge in [-0.15, -0.1) is 0 Å². The van der Waals surface area contributed by atoms with Crippen molar-refractivity contribution in [2.75, 3.05) is 24.6 Å². The van der Waals surface area contributed by atoms with Gasteiger partial charge in [0.2, 0.25) is 10.0 Å². The molecule has 0 atom stereocenters. The fourth-order valence-corrected chi connectivity index (χ4v) is 4.68. The van der Waals surface area contributed by atoms with Crippen LogP contribution in [0.4, 0.5) is 4.39 Å². The molecule has 0 aromatic heterocycles. The number of nitrogens with zero attached hydrogens (tertiary/aromatic N) is 1. The average molecular weight is 307 g/mol. The van der Waals surface area contributed by atoms with Crippen molar-refractivity contribution in [2.24, 2.45) is 0 Å². The fourth-order valence-electron chi connectivity index (χ4n) is 1.84. The van der Waals surface area contributed by atoms with Crippen molar-refractivity contribution >= 4 is 20.8 Å². The molecule has 0 spiro atoms. The molecule has 1 fully saturated rings.